The number of hydrogen-bond donors (Lipinski definition) is 1. The lowest BCUT2D eigenvalue weighted by molar-refractivity contribution is -0.144. The van der Waals surface area contributed by atoms with Gasteiger partial charge in [-0.25, -0.2) is 4.79 Å². The molecule has 132 valence electrons. The fraction of sp³-hybridized carbons (Fsp3) is 0.550. The van der Waals surface area contributed by atoms with Gasteiger partial charge in [0.1, 0.15) is 6.04 Å². The molecule has 2 aromatic rings. The van der Waals surface area contributed by atoms with Gasteiger partial charge in [0.05, 0.1) is 13.7 Å². The molecular weight excluding hydrogens is 302 g/mol. The van der Waals surface area contributed by atoms with E-state index >= 15 is 0 Å². The van der Waals surface area contributed by atoms with Gasteiger partial charge in [0, 0.05) is 22.7 Å². The summed E-state index contributed by atoms with van der Waals surface area (Å²) in [5, 5.41) is 10.6. The van der Waals surface area contributed by atoms with Crippen LogP contribution < -0.4 is 0 Å². The van der Waals surface area contributed by atoms with Gasteiger partial charge in [0.15, 0.2) is 0 Å². The first-order valence-electron chi connectivity index (χ1n) is 9.00. The normalized spacial score (nSPS) is 12.5. The van der Waals surface area contributed by atoms with Crippen molar-refractivity contribution in [2.75, 3.05) is 7.11 Å². The Kier molecular flexibility index (Phi) is 7.32. The molecule has 0 saturated heterocycles. The van der Waals surface area contributed by atoms with E-state index in [1.165, 1.54) is 32.8 Å². The molecule has 1 unspecified atom stereocenters. The zero-order chi connectivity index (χ0) is 17.4. The van der Waals surface area contributed by atoms with Gasteiger partial charge in [0.2, 0.25) is 0 Å². The molecule has 1 N–H and O–H groups in total. The molecule has 0 radical (unpaired) electrons. The molecule has 24 heavy (non-hydrogen) atoms. The van der Waals surface area contributed by atoms with E-state index in [0.717, 1.165) is 35.7 Å². The third-order valence-electron chi connectivity index (χ3n) is 4.63. The lowest BCUT2D eigenvalue weighted by Gasteiger charge is -2.18. The minimum atomic E-state index is -0.327. The number of carbonyl (C=O) groups is 1. The van der Waals surface area contributed by atoms with Gasteiger partial charge < -0.3 is 14.4 Å². The summed E-state index contributed by atoms with van der Waals surface area (Å²) in [7, 11) is 1.44. The second kappa shape index (κ2) is 9.48. The number of esters is 1. The number of methoxy groups -OCH3 is 1. The fourth-order valence-corrected chi connectivity index (χ4v) is 3.29. The van der Waals surface area contributed by atoms with Crippen LogP contribution in [0, 0.1) is 0 Å². The minimum Gasteiger partial charge on any atom is -0.467 e. The highest BCUT2D eigenvalue weighted by atomic mass is 16.5. The summed E-state index contributed by atoms with van der Waals surface area (Å²) in [5.41, 5.74) is 1.82. The number of hydrogen-bond acceptors (Lipinski definition) is 3. The average Bonchev–Trinajstić information content (AvgIpc) is 2.99. The highest BCUT2D eigenvalue weighted by Gasteiger charge is 2.23. The third-order valence-corrected chi connectivity index (χ3v) is 4.63. The highest BCUT2D eigenvalue weighted by molar-refractivity contribution is 5.86. The van der Waals surface area contributed by atoms with Crippen LogP contribution in [0.1, 0.15) is 63.5 Å². The number of benzene rings is 1. The molecule has 0 spiro atoms. The monoisotopic (exact) mass is 331 g/mol. The van der Waals surface area contributed by atoms with Crippen molar-refractivity contribution < 1.29 is 14.6 Å². The molecule has 4 heteroatoms. The van der Waals surface area contributed by atoms with Gasteiger partial charge in [-0.1, -0.05) is 63.6 Å². The Hall–Kier alpha value is -1.81. The first-order valence-corrected chi connectivity index (χ1v) is 9.00. The van der Waals surface area contributed by atoms with E-state index in [2.05, 4.69) is 6.92 Å². The Bertz CT molecular complexity index is 647. The summed E-state index contributed by atoms with van der Waals surface area (Å²) in [6.45, 7) is 2.18. The molecule has 4 nitrogen and oxygen atoms in total. The van der Waals surface area contributed by atoms with Crippen LogP contribution in [0.5, 0.6) is 0 Å². The van der Waals surface area contributed by atoms with Crippen LogP contribution in [0.4, 0.5) is 0 Å². The molecule has 1 aromatic heterocycles. The standard InChI is InChI=1S/C20H29NO3/c1-3-4-5-6-7-8-13-19(20(23)24-2)21-14-16(15-22)17-11-9-10-12-18(17)21/h9-12,14,19,22H,3-8,13,15H2,1-2H3. The van der Waals surface area contributed by atoms with Gasteiger partial charge in [-0.2, -0.15) is 0 Å². The Morgan fingerprint density at radius 3 is 2.58 bits per heavy atom. The SMILES string of the molecule is CCCCCCCCC(C(=O)OC)n1cc(CO)c2ccccc21. The second-order valence-electron chi connectivity index (χ2n) is 6.33. The van der Waals surface area contributed by atoms with E-state index in [0.29, 0.717) is 0 Å². The van der Waals surface area contributed by atoms with Crippen molar-refractivity contribution in [3.05, 3.63) is 36.0 Å². The van der Waals surface area contributed by atoms with E-state index < -0.39 is 0 Å². The third kappa shape index (κ3) is 4.38. The van der Waals surface area contributed by atoms with Crippen LogP contribution in [0.25, 0.3) is 10.9 Å². The van der Waals surface area contributed by atoms with E-state index in [1.807, 2.05) is 35.0 Å². The molecule has 1 heterocycles. The Labute approximate surface area is 144 Å². The van der Waals surface area contributed by atoms with Gasteiger partial charge in [0.25, 0.3) is 0 Å². The smallest absolute Gasteiger partial charge is 0.328 e. The van der Waals surface area contributed by atoms with Gasteiger partial charge in [-0.15, -0.1) is 0 Å². The number of carbonyl (C=O) groups excluding carboxylic acids is 1. The zero-order valence-corrected chi connectivity index (χ0v) is 14.8. The van der Waals surface area contributed by atoms with E-state index in [4.69, 9.17) is 4.74 Å². The van der Waals surface area contributed by atoms with Crippen molar-refractivity contribution in [3.8, 4) is 0 Å². The largest absolute Gasteiger partial charge is 0.467 e. The number of ether oxygens (including phenoxy) is 1. The van der Waals surface area contributed by atoms with E-state index in [1.54, 1.807) is 0 Å². The number of aliphatic hydroxyl groups excluding tert-OH is 1. The highest BCUT2D eigenvalue weighted by Crippen LogP contribution is 2.28. The van der Waals surface area contributed by atoms with Crippen molar-refractivity contribution in [2.24, 2.45) is 0 Å². The maximum atomic E-state index is 12.3. The van der Waals surface area contributed by atoms with Crippen LogP contribution in [0.15, 0.2) is 30.5 Å². The topological polar surface area (TPSA) is 51.5 Å². The van der Waals surface area contributed by atoms with Crippen LogP contribution >= 0.6 is 0 Å². The maximum Gasteiger partial charge on any atom is 0.328 e. The predicted octanol–water partition coefficient (Wildman–Crippen LogP) is 4.60. The van der Waals surface area contributed by atoms with E-state index in [-0.39, 0.29) is 18.6 Å². The molecule has 1 aromatic carbocycles. The van der Waals surface area contributed by atoms with E-state index in [9.17, 15) is 9.90 Å². The Morgan fingerprint density at radius 1 is 1.17 bits per heavy atom. The van der Waals surface area contributed by atoms with Gasteiger partial charge in [-0.3, -0.25) is 0 Å². The first-order chi connectivity index (χ1) is 11.7. The summed E-state index contributed by atoms with van der Waals surface area (Å²) in [4.78, 5) is 12.3. The summed E-state index contributed by atoms with van der Waals surface area (Å²) in [6, 6.07) is 7.56. The van der Waals surface area contributed by atoms with Crippen LogP contribution in [0.3, 0.4) is 0 Å². The number of fused-ring (bicyclic) bond motifs is 1. The maximum absolute atomic E-state index is 12.3. The summed E-state index contributed by atoms with van der Waals surface area (Å²) in [6.07, 6.45) is 9.80. The molecule has 0 fully saturated rings. The molecule has 0 aliphatic carbocycles. The number of rotatable bonds is 10. The molecule has 0 aliphatic rings. The fourth-order valence-electron chi connectivity index (χ4n) is 3.29. The van der Waals surface area contributed by atoms with Crippen LogP contribution in [-0.4, -0.2) is 22.8 Å². The molecular formula is C20H29NO3. The summed E-state index contributed by atoms with van der Waals surface area (Å²) < 4.78 is 7.00. The van der Waals surface area contributed by atoms with Crippen LogP contribution in [0.2, 0.25) is 0 Å². The number of nitrogens with zero attached hydrogens (tertiary/aromatic N) is 1. The summed E-state index contributed by atoms with van der Waals surface area (Å²) >= 11 is 0. The zero-order valence-electron chi connectivity index (χ0n) is 14.8. The molecule has 0 amide bonds. The van der Waals surface area contributed by atoms with Crippen LogP contribution in [-0.2, 0) is 16.1 Å². The molecule has 1 atom stereocenters. The lowest BCUT2D eigenvalue weighted by atomic mass is 10.1. The van der Waals surface area contributed by atoms with Crippen molar-refractivity contribution in [1.29, 1.82) is 0 Å². The number of para-hydroxylation sites is 1. The van der Waals surface area contributed by atoms with Crippen molar-refractivity contribution >= 4 is 16.9 Å². The average molecular weight is 331 g/mol. The molecule has 0 saturated carbocycles. The second-order valence-corrected chi connectivity index (χ2v) is 6.33. The van der Waals surface area contributed by atoms with Crippen molar-refractivity contribution in [3.63, 3.8) is 0 Å². The Morgan fingerprint density at radius 2 is 1.88 bits per heavy atom. The molecule has 0 bridgehead atoms. The quantitative estimate of drug-likeness (QED) is 0.511. The van der Waals surface area contributed by atoms with Crippen molar-refractivity contribution in [1.82, 2.24) is 4.57 Å². The predicted molar refractivity (Wildman–Crippen MR) is 96.9 cm³/mol. The minimum absolute atomic E-state index is 0.0293. The Balaban J connectivity index is 2.15. The van der Waals surface area contributed by atoms with Crippen molar-refractivity contribution in [2.45, 2.75) is 64.5 Å². The molecule has 2 rings (SSSR count). The lowest BCUT2D eigenvalue weighted by Crippen LogP contribution is -2.20. The number of aliphatic hydroxyl groups is 1. The number of aromatic nitrogens is 1. The van der Waals surface area contributed by atoms with Gasteiger partial charge >= 0.3 is 5.97 Å². The number of unbranched alkanes of at least 4 members (excludes halogenated alkanes) is 5. The summed E-state index contributed by atoms with van der Waals surface area (Å²) in [5.74, 6) is -0.214. The van der Waals surface area contributed by atoms with Gasteiger partial charge in [-0.05, 0) is 12.5 Å². The molecule has 0 aliphatic heterocycles. The first kappa shape index (κ1) is 18.5.